The number of hydrogen-bond donors (Lipinski definition) is 0. The molecule has 3 aromatic heterocycles. The number of ether oxygens (including phenoxy) is 3. The number of thiazole rings is 1. The number of fused-ring (bicyclic) bond motifs is 1. The number of alkyl halides is 3. The highest BCUT2D eigenvalue weighted by atomic mass is 32.2. The van der Waals surface area contributed by atoms with Gasteiger partial charge in [0.05, 0.1) is 47.9 Å². The number of methoxy groups -OCH3 is 1. The molecule has 1 atom stereocenters. The van der Waals surface area contributed by atoms with Crippen LogP contribution < -0.4 is 24.4 Å². The van der Waals surface area contributed by atoms with Crippen LogP contribution >= 0.6 is 23.1 Å². The molecule has 10 nitrogen and oxygen atoms in total. The molecule has 1 aliphatic heterocycles. The van der Waals surface area contributed by atoms with E-state index in [1.165, 1.54) is 17.8 Å². The zero-order valence-corrected chi connectivity index (χ0v) is 28.7. The number of allylic oxidation sites excluding steroid dienone is 1. The lowest BCUT2D eigenvalue weighted by Gasteiger charge is -2.25. The Kier molecular flexibility index (Phi) is 9.97. The Morgan fingerprint density at radius 2 is 1.82 bits per heavy atom. The van der Waals surface area contributed by atoms with Crippen LogP contribution in [0.25, 0.3) is 17.3 Å². The minimum atomic E-state index is -4.69. The Labute approximate surface area is 291 Å². The van der Waals surface area contributed by atoms with E-state index in [1.807, 2.05) is 6.92 Å². The lowest BCUT2D eigenvalue weighted by molar-refractivity contribution is -0.141. The second-order valence-electron chi connectivity index (χ2n) is 10.7. The van der Waals surface area contributed by atoms with Gasteiger partial charge in [0.15, 0.2) is 26.5 Å². The van der Waals surface area contributed by atoms with Crippen molar-refractivity contribution in [1.29, 1.82) is 0 Å². The van der Waals surface area contributed by atoms with Crippen LogP contribution in [0.15, 0.2) is 102 Å². The van der Waals surface area contributed by atoms with Gasteiger partial charge in [-0.3, -0.25) is 9.36 Å². The topological polar surface area (TPSA) is 118 Å². The lowest BCUT2D eigenvalue weighted by Crippen LogP contribution is -2.39. The standard InChI is InChI=1S/C35H29F3N4O6S2/c1-5-46-25-16-21(12-14-24(25)45-4)30-29(32(44)47-6-2)19(3)39-34-42(30)31(43)26(49-34)17-22-13-15-28(48-22)50-33-40-23(20-10-8-7-9-11-20)18-27(41-33)35(36,37)38/h7-18,30H,5-6H2,1-4H3/b26-17+/t30-/m1/s1. The number of nitrogens with zero attached hydrogens (tertiary/aromatic N) is 4. The number of rotatable bonds is 10. The minimum absolute atomic E-state index is 0.112. The van der Waals surface area contributed by atoms with Crippen molar-refractivity contribution in [3.8, 4) is 22.8 Å². The number of benzene rings is 2. The second-order valence-corrected chi connectivity index (χ2v) is 12.7. The second kappa shape index (κ2) is 14.4. The maximum Gasteiger partial charge on any atom is 0.433 e. The first-order valence-corrected chi connectivity index (χ1v) is 16.9. The molecule has 0 amide bonds. The van der Waals surface area contributed by atoms with E-state index in [9.17, 15) is 22.8 Å². The van der Waals surface area contributed by atoms with Crippen LogP contribution in [0, 0.1) is 0 Å². The number of esters is 1. The molecule has 0 unspecified atom stereocenters. The molecule has 258 valence electrons. The van der Waals surface area contributed by atoms with Crippen molar-refractivity contribution in [3.63, 3.8) is 0 Å². The van der Waals surface area contributed by atoms with Crippen molar-refractivity contribution >= 4 is 35.1 Å². The van der Waals surface area contributed by atoms with Gasteiger partial charge in [0.1, 0.15) is 11.5 Å². The number of halogens is 3. The van der Waals surface area contributed by atoms with E-state index < -0.39 is 29.4 Å². The predicted molar refractivity (Wildman–Crippen MR) is 180 cm³/mol. The van der Waals surface area contributed by atoms with Crippen LogP contribution in [0.3, 0.4) is 0 Å². The number of aromatic nitrogens is 3. The van der Waals surface area contributed by atoms with Crippen molar-refractivity contribution in [1.82, 2.24) is 14.5 Å². The summed E-state index contributed by atoms with van der Waals surface area (Å²) in [4.78, 5) is 40.3. The fourth-order valence-corrected chi connectivity index (χ4v) is 7.07. The summed E-state index contributed by atoms with van der Waals surface area (Å²) in [6, 6.07) is 16.8. The first kappa shape index (κ1) is 34.7. The molecule has 0 spiro atoms. The van der Waals surface area contributed by atoms with Gasteiger partial charge in [-0.1, -0.05) is 47.7 Å². The number of hydrogen-bond acceptors (Lipinski definition) is 11. The molecule has 50 heavy (non-hydrogen) atoms. The van der Waals surface area contributed by atoms with Crippen molar-refractivity contribution in [2.45, 2.75) is 43.2 Å². The van der Waals surface area contributed by atoms with Gasteiger partial charge < -0.3 is 18.6 Å². The molecular weight excluding hydrogens is 694 g/mol. The van der Waals surface area contributed by atoms with Gasteiger partial charge in [-0.15, -0.1) is 0 Å². The fourth-order valence-electron chi connectivity index (χ4n) is 5.30. The van der Waals surface area contributed by atoms with E-state index in [0.717, 1.165) is 29.2 Å². The largest absolute Gasteiger partial charge is 0.493 e. The SMILES string of the molecule is CCOC(=O)C1=C(C)N=c2s/c(=C/c3ccc(Sc4nc(-c5ccccc5)cc(C(F)(F)F)n4)o3)c(=O)n2[C@@H]1c1ccc(OC)c(OCC)c1. The Balaban J connectivity index is 1.39. The molecule has 2 aromatic carbocycles. The first-order chi connectivity index (χ1) is 24.0. The maximum atomic E-state index is 14.0. The van der Waals surface area contributed by atoms with Crippen LogP contribution in [0.1, 0.15) is 43.8 Å². The molecule has 0 saturated carbocycles. The molecular formula is C35H29F3N4O6S2. The number of carbonyl (C=O) groups is 1. The summed E-state index contributed by atoms with van der Waals surface area (Å²) in [5.41, 5.74) is 0.252. The lowest BCUT2D eigenvalue weighted by atomic mass is 9.95. The molecule has 5 aromatic rings. The average molecular weight is 723 g/mol. The highest BCUT2D eigenvalue weighted by molar-refractivity contribution is 7.99. The normalized spacial score (nSPS) is 14.7. The number of carbonyl (C=O) groups excluding carboxylic acids is 1. The summed E-state index contributed by atoms with van der Waals surface area (Å²) in [6.07, 6.45) is -3.18. The third-order valence-electron chi connectivity index (χ3n) is 7.45. The molecule has 0 bridgehead atoms. The zero-order valence-electron chi connectivity index (χ0n) is 27.1. The Morgan fingerprint density at radius 1 is 1.04 bits per heavy atom. The van der Waals surface area contributed by atoms with E-state index in [1.54, 1.807) is 74.5 Å². The molecule has 15 heteroatoms. The van der Waals surface area contributed by atoms with E-state index in [0.29, 0.717) is 39.7 Å². The summed E-state index contributed by atoms with van der Waals surface area (Å²) >= 11 is 1.91. The highest BCUT2D eigenvalue weighted by Crippen LogP contribution is 2.37. The fraction of sp³-hybridized carbons (Fsp3) is 0.229. The molecule has 0 fully saturated rings. The molecule has 1 aliphatic rings. The van der Waals surface area contributed by atoms with E-state index in [2.05, 4.69) is 15.0 Å². The van der Waals surface area contributed by atoms with Crippen LogP contribution in [-0.2, 0) is 15.7 Å². The first-order valence-electron chi connectivity index (χ1n) is 15.3. The average Bonchev–Trinajstić information content (AvgIpc) is 3.66. The third kappa shape index (κ3) is 7.09. The van der Waals surface area contributed by atoms with Gasteiger partial charge in [-0.2, -0.15) is 13.2 Å². The van der Waals surface area contributed by atoms with Crippen LogP contribution in [0.2, 0.25) is 0 Å². The Hall–Kier alpha value is -5.15. The zero-order chi connectivity index (χ0) is 35.6. The summed E-state index contributed by atoms with van der Waals surface area (Å²) in [7, 11) is 1.52. The summed E-state index contributed by atoms with van der Waals surface area (Å²) < 4.78 is 65.4. The Bertz CT molecular complexity index is 2280. The van der Waals surface area contributed by atoms with E-state index in [4.69, 9.17) is 18.6 Å². The van der Waals surface area contributed by atoms with Crippen LogP contribution in [-0.4, -0.2) is 40.8 Å². The quantitative estimate of drug-likeness (QED) is 0.119. The summed E-state index contributed by atoms with van der Waals surface area (Å²) in [6.45, 7) is 5.68. The van der Waals surface area contributed by atoms with Gasteiger partial charge >= 0.3 is 12.1 Å². The van der Waals surface area contributed by atoms with Crippen molar-refractivity contribution in [2.24, 2.45) is 4.99 Å². The minimum Gasteiger partial charge on any atom is -0.493 e. The molecule has 0 N–H and O–H groups in total. The maximum absolute atomic E-state index is 14.0. The van der Waals surface area contributed by atoms with Gasteiger partial charge in [-0.25, -0.2) is 19.8 Å². The van der Waals surface area contributed by atoms with E-state index in [-0.39, 0.29) is 38.4 Å². The molecule has 0 radical (unpaired) electrons. The highest BCUT2D eigenvalue weighted by Gasteiger charge is 2.35. The van der Waals surface area contributed by atoms with E-state index >= 15 is 0 Å². The Morgan fingerprint density at radius 3 is 2.52 bits per heavy atom. The molecule has 0 aliphatic carbocycles. The van der Waals surface area contributed by atoms with Gasteiger partial charge in [-0.05, 0) is 68.4 Å². The van der Waals surface area contributed by atoms with Crippen LogP contribution in [0.5, 0.6) is 11.5 Å². The molecule has 4 heterocycles. The summed E-state index contributed by atoms with van der Waals surface area (Å²) in [5, 5.41) is 0.0502. The third-order valence-corrected chi connectivity index (χ3v) is 9.22. The predicted octanol–water partition coefficient (Wildman–Crippen LogP) is 6.43. The smallest absolute Gasteiger partial charge is 0.433 e. The van der Waals surface area contributed by atoms with Crippen molar-refractivity contribution in [2.75, 3.05) is 20.3 Å². The number of furan rings is 1. The van der Waals surface area contributed by atoms with Gasteiger partial charge in [0.25, 0.3) is 5.56 Å². The molecule has 0 saturated heterocycles. The van der Waals surface area contributed by atoms with Gasteiger partial charge in [0.2, 0.25) is 0 Å². The van der Waals surface area contributed by atoms with Crippen molar-refractivity contribution in [3.05, 3.63) is 115 Å². The molecule has 6 rings (SSSR count). The van der Waals surface area contributed by atoms with Crippen LogP contribution in [0.4, 0.5) is 13.2 Å². The monoisotopic (exact) mass is 722 g/mol. The van der Waals surface area contributed by atoms with Gasteiger partial charge in [0, 0.05) is 11.6 Å². The summed E-state index contributed by atoms with van der Waals surface area (Å²) in [5.74, 6) is 0.573. The van der Waals surface area contributed by atoms with Crippen molar-refractivity contribution < 1.29 is 36.6 Å².